The number of hydrogen-bond donors (Lipinski definition) is 0. The molecule has 0 aromatic heterocycles. The van der Waals surface area contributed by atoms with Crippen molar-refractivity contribution in [3.63, 3.8) is 0 Å². The zero-order valence-electron chi connectivity index (χ0n) is 11.1. The molecule has 17 heavy (non-hydrogen) atoms. The highest BCUT2D eigenvalue weighted by Crippen LogP contribution is 2.19. The standard InChI is InChI=1S/C16H23N/c1-13(2)16-6-4-15(5-7-16)12-17-10-8-14(3)9-11-17/h4-7,14H,1,8-12H2,2-3H3. The smallest absolute Gasteiger partial charge is 0.0233 e. The van der Waals surface area contributed by atoms with E-state index in [-0.39, 0.29) is 0 Å². The second-order valence-corrected chi connectivity index (χ2v) is 5.44. The van der Waals surface area contributed by atoms with E-state index >= 15 is 0 Å². The molecule has 0 spiro atoms. The lowest BCUT2D eigenvalue weighted by Crippen LogP contribution is -2.32. The molecule has 0 radical (unpaired) electrons. The predicted molar refractivity (Wildman–Crippen MR) is 74.8 cm³/mol. The summed E-state index contributed by atoms with van der Waals surface area (Å²) in [5.41, 5.74) is 3.81. The number of benzene rings is 1. The molecule has 1 heterocycles. The minimum Gasteiger partial charge on any atom is -0.299 e. The Bertz CT molecular complexity index is 369. The van der Waals surface area contributed by atoms with E-state index in [0.717, 1.165) is 18.0 Å². The van der Waals surface area contributed by atoms with Crippen molar-refractivity contribution in [2.24, 2.45) is 5.92 Å². The third-order valence-electron chi connectivity index (χ3n) is 3.73. The van der Waals surface area contributed by atoms with E-state index in [9.17, 15) is 0 Å². The summed E-state index contributed by atoms with van der Waals surface area (Å²) >= 11 is 0. The van der Waals surface area contributed by atoms with Crippen LogP contribution in [-0.4, -0.2) is 18.0 Å². The molecule has 0 saturated carbocycles. The molecule has 0 N–H and O–H groups in total. The van der Waals surface area contributed by atoms with Gasteiger partial charge in [-0.1, -0.05) is 43.3 Å². The molecule has 1 saturated heterocycles. The first-order valence-corrected chi connectivity index (χ1v) is 6.62. The van der Waals surface area contributed by atoms with Gasteiger partial charge in [-0.2, -0.15) is 0 Å². The molecule has 0 amide bonds. The van der Waals surface area contributed by atoms with Crippen molar-refractivity contribution in [2.75, 3.05) is 13.1 Å². The summed E-state index contributed by atoms with van der Waals surface area (Å²) in [5.74, 6) is 0.914. The van der Waals surface area contributed by atoms with Crippen LogP contribution in [-0.2, 0) is 6.54 Å². The minimum atomic E-state index is 0.914. The van der Waals surface area contributed by atoms with E-state index in [4.69, 9.17) is 0 Å². The molecule has 2 rings (SSSR count). The molecular weight excluding hydrogens is 206 g/mol. The number of nitrogens with zero attached hydrogens (tertiary/aromatic N) is 1. The zero-order valence-corrected chi connectivity index (χ0v) is 11.1. The molecule has 1 fully saturated rings. The predicted octanol–water partition coefficient (Wildman–Crippen LogP) is 3.95. The van der Waals surface area contributed by atoms with Crippen LogP contribution in [0.15, 0.2) is 30.8 Å². The van der Waals surface area contributed by atoms with Crippen molar-refractivity contribution >= 4 is 5.57 Å². The van der Waals surface area contributed by atoms with Crippen molar-refractivity contribution in [2.45, 2.75) is 33.2 Å². The molecule has 1 aromatic carbocycles. The summed E-state index contributed by atoms with van der Waals surface area (Å²) in [4.78, 5) is 2.57. The number of hydrogen-bond acceptors (Lipinski definition) is 1. The molecule has 0 unspecified atom stereocenters. The van der Waals surface area contributed by atoms with Crippen molar-refractivity contribution in [3.05, 3.63) is 42.0 Å². The van der Waals surface area contributed by atoms with Gasteiger partial charge in [0.1, 0.15) is 0 Å². The minimum absolute atomic E-state index is 0.914. The van der Waals surface area contributed by atoms with Crippen LogP contribution < -0.4 is 0 Å². The number of likely N-dealkylation sites (tertiary alicyclic amines) is 1. The van der Waals surface area contributed by atoms with E-state index in [2.05, 4.69) is 49.6 Å². The molecule has 0 atom stereocenters. The van der Waals surface area contributed by atoms with Crippen LogP contribution in [0.3, 0.4) is 0 Å². The van der Waals surface area contributed by atoms with Gasteiger partial charge in [0, 0.05) is 6.54 Å². The highest BCUT2D eigenvalue weighted by Gasteiger charge is 2.15. The quantitative estimate of drug-likeness (QED) is 0.758. The van der Waals surface area contributed by atoms with Crippen molar-refractivity contribution in [1.29, 1.82) is 0 Å². The fourth-order valence-electron chi connectivity index (χ4n) is 2.37. The van der Waals surface area contributed by atoms with Gasteiger partial charge in [-0.3, -0.25) is 4.90 Å². The third kappa shape index (κ3) is 3.44. The van der Waals surface area contributed by atoms with Crippen LogP contribution >= 0.6 is 0 Å². The molecule has 1 nitrogen and oxygen atoms in total. The van der Waals surface area contributed by atoms with Gasteiger partial charge < -0.3 is 0 Å². The van der Waals surface area contributed by atoms with Crippen molar-refractivity contribution in [3.8, 4) is 0 Å². The maximum absolute atomic E-state index is 3.97. The molecule has 0 aliphatic carbocycles. The van der Waals surface area contributed by atoms with Crippen LogP contribution in [0.4, 0.5) is 0 Å². The summed E-state index contributed by atoms with van der Waals surface area (Å²) in [6.07, 6.45) is 2.70. The molecule has 0 bridgehead atoms. The summed E-state index contributed by atoms with van der Waals surface area (Å²) in [5, 5.41) is 0. The maximum Gasteiger partial charge on any atom is 0.0233 e. The lowest BCUT2D eigenvalue weighted by Gasteiger charge is -2.30. The monoisotopic (exact) mass is 229 g/mol. The Hall–Kier alpha value is -1.08. The highest BCUT2D eigenvalue weighted by atomic mass is 15.1. The van der Waals surface area contributed by atoms with Gasteiger partial charge in [0.15, 0.2) is 0 Å². The number of allylic oxidation sites excluding steroid dienone is 1. The summed E-state index contributed by atoms with van der Waals surface area (Å²) in [6.45, 7) is 12.0. The topological polar surface area (TPSA) is 3.24 Å². The highest BCUT2D eigenvalue weighted by molar-refractivity contribution is 5.61. The molecule has 1 aliphatic rings. The molecule has 1 heteroatoms. The summed E-state index contributed by atoms with van der Waals surface area (Å²) in [7, 11) is 0. The fraction of sp³-hybridized carbons (Fsp3) is 0.500. The van der Waals surface area contributed by atoms with Gasteiger partial charge >= 0.3 is 0 Å². The first-order valence-electron chi connectivity index (χ1n) is 6.62. The van der Waals surface area contributed by atoms with Gasteiger partial charge in [-0.15, -0.1) is 0 Å². The van der Waals surface area contributed by atoms with E-state index in [1.54, 1.807) is 0 Å². The van der Waals surface area contributed by atoms with Gasteiger partial charge in [0.25, 0.3) is 0 Å². The Morgan fingerprint density at radius 1 is 1.24 bits per heavy atom. The Labute approximate surface area is 105 Å². The van der Waals surface area contributed by atoms with E-state index in [1.807, 2.05) is 0 Å². The molecule has 92 valence electrons. The van der Waals surface area contributed by atoms with Crippen LogP contribution in [0, 0.1) is 5.92 Å². The fourth-order valence-corrected chi connectivity index (χ4v) is 2.37. The average molecular weight is 229 g/mol. The summed E-state index contributed by atoms with van der Waals surface area (Å²) in [6, 6.07) is 8.85. The molecule has 1 aliphatic heterocycles. The van der Waals surface area contributed by atoms with Crippen molar-refractivity contribution in [1.82, 2.24) is 4.90 Å². The lowest BCUT2D eigenvalue weighted by atomic mass is 9.98. The van der Waals surface area contributed by atoms with Gasteiger partial charge in [0.05, 0.1) is 0 Å². The Kier molecular flexibility index (Phi) is 4.01. The average Bonchev–Trinajstić information content (AvgIpc) is 2.33. The first-order chi connectivity index (χ1) is 8.15. The maximum atomic E-state index is 3.97. The molecular formula is C16H23N. The van der Waals surface area contributed by atoms with Gasteiger partial charge in [-0.05, 0) is 49.9 Å². The van der Waals surface area contributed by atoms with E-state index in [1.165, 1.54) is 37.1 Å². The van der Waals surface area contributed by atoms with E-state index in [0.29, 0.717) is 0 Å². The number of rotatable bonds is 3. The summed E-state index contributed by atoms with van der Waals surface area (Å²) < 4.78 is 0. The second kappa shape index (κ2) is 5.50. The van der Waals surface area contributed by atoms with Crippen LogP contribution in [0.5, 0.6) is 0 Å². The second-order valence-electron chi connectivity index (χ2n) is 5.44. The van der Waals surface area contributed by atoms with Gasteiger partial charge in [-0.25, -0.2) is 0 Å². The van der Waals surface area contributed by atoms with Gasteiger partial charge in [0.2, 0.25) is 0 Å². The zero-order chi connectivity index (χ0) is 12.3. The Morgan fingerprint density at radius 3 is 2.35 bits per heavy atom. The first kappa shape index (κ1) is 12.4. The van der Waals surface area contributed by atoms with Crippen LogP contribution in [0.2, 0.25) is 0 Å². The lowest BCUT2D eigenvalue weighted by molar-refractivity contribution is 0.185. The molecule has 1 aromatic rings. The normalized spacial score (nSPS) is 18.2. The number of piperidine rings is 1. The van der Waals surface area contributed by atoms with Crippen LogP contribution in [0.25, 0.3) is 5.57 Å². The Morgan fingerprint density at radius 2 is 1.82 bits per heavy atom. The third-order valence-corrected chi connectivity index (χ3v) is 3.73. The SMILES string of the molecule is C=C(C)c1ccc(CN2CCC(C)CC2)cc1. The largest absolute Gasteiger partial charge is 0.299 e. The van der Waals surface area contributed by atoms with Crippen LogP contribution in [0.1, 0.15) is 37.8 Å². The van der Waals surface area contributed by atoms with E-state index < -0.39 is 0 Å². The van der Waals surface area contributed by atoms with Crippen molar-refractivity contribution < 1.29 is 0 Å². The Balaban J connectivity index is 1.92.